The van der Waals surface area contributed by atoms with Crippen LogP contribution in [-0.2, 0) is 6.54 Å². The van der Waals surface area contributed by atoms with Gasteiger partial charge in [0.05, 0.1) is 17.6 Å². The van der Waals surface area contributed by atoms with Gasteiger partial charge in [-0.3, -0.25) is 14.2 Å². The molecule has 2 heterocycles. The molecule has 0 spiro atoms. The summed E-state index contributed by atoms with van der Waals surface area (Å²) >= 11 is 0. The second-order valence-corrected chi connectivity index (χ2v) is 8.77. The van der Waals surface area contributed by atoms with E-state index in [1.165, 1.54) is 10.1 Å². The van der Waals surface area contributed by atoms with Crippen LogP contribution < -0.4 is 10.9 Å². The van der Waals surface area contributed by atoms with Crippen LogP contribution in [0.15, 0.2) is 77.6 Å². The van der Waals surface area contributed by atoms with Crippen LogP contribution in [0.5, 0.6) is 0 Å². The molecule has 1 N–H and O–H groups in total. The lowest BCUT2D eigenvalue weighted by Crippen LogP contribution is -2.24. The molecule has 5 rings (SSSR count). The number of hydrogen-bond acceptors (Lipinski definition) is 4. The summed E-state index contributed by atoms with van der Waals surface area (Å²) < 4.78 is 3.16. The number of carbonyl (C=O) groups is 1. The van der Waals surface area contributed by atoms with E-state index in [0.717, 1.165) is 16.6 Å². The van der Waals surface area contributed by atoms with E-state index in [-0.39, 0.29) is 17.0 Å². The molecule has 0 bridgehead atoms. The lowest BCUT2D eigenvalue weighted by molar-refractivity contribution is 0.101. The number of rotatable bonds is 5. The van der Waals surface area contributed by atoms with E-state index >= 15 is 0 Å². The predicted octanol–water partition coefficient (Wildman–Crippen LogP) is 4.78. The highest BCUT2D eigenvalue weighted by atomic mass is 16.2. The van der Waals surface area contributed by atoms with Crippen molar-refractivity contribution in [3.63, 3.8) is 0 Å². The van der Waals surface area contributed by atoms with E-state index in [9.17, 15) is 9.59 Å². The number of benzene rings is 3. The smallest absolute Gasteiger partial charge is 0.296 e. The first-order valence-electron chi connectivity index (χ1n) is 11.3. The molecule has 0 radical (unpaired) electrons. The zero-order chi connectivity index (χ0) is 23.8. The number of carbonyl (C=O) groups excluding carboxylic acids is 1. The van der Waals surface area contributed by atoms with Gasteiger partial charge in [-0.05, 0) is 53.8 Å². The molecule has 0 atom stereocenters. The van der Waals surface area contributed by atoms with Gasteiger partial charge in [-0.15, -0.1) is 5.10 Å². The Labute approximate surface area is 196 Å². The zero-order valence-electron chi connectivity index (χ0n) is 19.3. The highest BCUT2D eigenvalue weighted by Crippen LogP contribution is 2.19. The minimum absolute atomic E-state index is 0.0515. The van der Waals surface area contributed by atoms with Crippen LogP contribution in [0.25, 0.3) is 16.7 Å². The molecule has 170 valence electrons. The summed E-state index contributed by atoms with van der Waals surface area (Å²) in [4.78, 5) is 30.7. The summed E-state index contributed by atoms with van der Waals surface area (Å²) in [6.45, 7) is 6.60. The Balaban J connectivity index is 1.58. The highest BCUT2D eigenvalue weighted by Gasteiger charge is 2.19. The van der Waals surface area contributed by atoms with Gasteiger partial charge >= 0.3 is 0 Å². The van der Waals surface area contributed by atoms with Gasteiger partial charge in [-0.25, -0.2) is 4.52 Å². The van der Waals surface area contributed by atoms with Crippen LogP contribution in [0.1, 0.15) is 47.1 Å². The average molecular weight is 452 g/mol. The minimum Gasteiger partial charge on any atom is -0.319 e. The maximum atomic E-state index is 13.5. The number of fused-ring (bicyclic) bond motifs is 3. The fraction of sp³-hybridized carbons (Fsp3) is 0.185. The molecule has 0 unspecified atom stereocenters. The van der Waals surface area contributed by atoms with Gasteiger partial charge in [0.2, 0.25) is 11.5 Å². The second-order valence-electron chi connectivity index (χ2n) is 8.77. The molecule has 0 aliphatic rings. The Hall–Kier alpha value is -4.26. The molecule has 0 aliphatic carbocycles. The molecular weight excluding hydrogens is 426 g/mol. The third-order valence-corrected chi connectivity index (χ3v) is 5.92. The summed E-state index contributed by atoms with van der Waals surface area (Å²) in [7, 11) is 0. The Morgan fingerprint density at radius 1 is 0.971 bits per heavy atom. The number of amides is 1. The Morgan fingerprint density at radius 3 is 2.41 bits per heavy atom. The van der Waals surface area contributed by atoms with Gasteiger partial charge < -0.3 is 5.32 Å². The third-order valence-electron chi connectivity index (χ3n) is 5.92. The fourth-order valence-corrected chi connectivity index (χ4v) is 4.03. The van der Waals surface area contributed by atoms with E-state index in [1.807, 2.05) is 79.7 Å². The quantitative estimate of drug-likeness (QED) is 0.417. The molecule has 0 saturated carbocycles. The second kappa shape index (κ2) is 8.59. The van der Waals surface area contributed by atoms with Crippen molar-refractivity contribution >= 4 is 28.3 Å². The van der Waals surface area contributed by atoms with E-state index in [2.05, 4.69) is 29.2 Å². The average Bonchev–Trinajstić information content (AvgIpc) is 3.29. The summed E-state index contributed by atoms with van der Waals surface area (Å²) in [5, 5.41) is 7.23. The number of anilines is 1. The third kappa shape index (κ3) is 3.96. The number of nitrogens with one attached hydrogen (secondary N) is 1. The van der Waals surface area contributed by atoms with E-state index in [0.29, 0.717) is 23.7 Å². The number of aromatic nitrogens is 4. The molecule has 5 aromatic rings. The lowest BCUT2D eigenvalue weighted by Gasteiger charge is -2.12. The van der Waals surface area contributed by atoms with Crippen LogP contribution in [0.2, 0.25) is 0 Å². The summed E-state index contributed by atoms with van der Waals surface area (Å²) in [6.07, 6.45) is 0. The molecule has 0 aliphatic heterocycles. The standard InChI is InChI=1S/C27H25N5O2/c1-17(2)20-10-12-21(13-11-20)28-26(33)24-29-25-27(34)31(16-19-7-5-4-6-8-19)23-15-18(3)9-14-22(23)32(25)30-24/h4-15,17H,16H2,1-3H3,(H,28,33). The topological polar surface area (TPSA) is 81.3 Å². The Bertz CT molecular complexity index is 1560. The van der Waals surface area contributed by atoms with E-state index in [1.54, 1.807) is 4.57 Å². The zero-order valence-corrected chi connectivity index (χ0v) is 19.3. The number of nitrogens with zero attached hydrogens (tertiary/aromatic N) is 4. The minimum atomic E-state index is -0.463. The van der Waals surface area contributed by atoms with Crippen molar-refractivity contribution < 1.29 is 4.79 Å². The van der Waals surface area contributed by atoms with Crippen LogP contribution in [0.4, 0.5) is 5.69 Å². The SMILES string of the molecule is Cc1ccc2c(c1)n(Cc1ccccc1)c(=O)c1nc(C(=O)Nc3ccc(C(C)C)cc3)nn12. The summed E-state index contributed by atoms with van der Waals surface area (Å²) in [5.41, 5.74) is 5.13. The van der Waals surface area contributed by atoms with Crippen molar-refractivity contribution in [2.24, 2.45) is 0 Å². The molecule has 34 heavy (non-hydrogen) atoms. The van der Waals surface area contributed by atoms with Crippen molar-refractivity contribution in [2.45, 2.75) is 33.2 Å². The number of hydrogen-bond donors (Lipinski definition) is 1. The van der Waals surface area contributed by atoms with Crippen molar-refractivity contribution in [2.75, 3.05) is 5.32 Å². The summed E-state index contributed by atoms with van der Waals surface area (Å²) in [5.74, 6) is -0.112. The monoisotopic (exact) mass is 451 g/mol. The van der Waals surface area contributed by atoms with Crippen LogP contribution in [-0.4, -0.2) is 25.1 Å². The molecule has 1 amide bonds. The molecule has 7 nitrogen and oxygen atoms in total. The van der Waals surface area contributed by atoms with Crippen molar-refractivity contribution in [3.05, 3.63) is 106 Å². The molecule has 7 heteroatoms. The van der Waals surface area contributed by atoms with Crippen molar-refractivity contribution in [1.82, 2.24) is 19.2 Å². The lowest BCUT2D eigenvalue weighted by atomic mass is 10.0. The molecular formula is C27H25N5O2. The van der Waals surface area contributed by atoms with Gasteiger partial charge in [0.25, 0.3) is 11.5 Å². The van der Waals surface area contributed by atoms with Crippen LogP contribution in [0.3, 0.4) is 0 Å². The molecule has 0 saturated heterocycles. The van der Waals surface area contributed by atoms with Gasteiger partial charge in [0, 0.05) is 5.69 Å². The largest absolute Gasteiger partial charge is 0.319 e. The van der Waals surface area contributed by atoms with Gasteiger partial charge in [0.1, 0.15) is 0 Å². The Morgan fingerprint density at radius 2 is 1.71 bits per heavy atom. The normalized spacial score (nSPS) is 11.4. The van der Waals surface area contributed by atoms with Crippen LogP contribution in [0, 0.1) is 6.92 Å². The van der Waals surface area contributed by atoms with E-state index < -0.39 is 5.91 Å². The van der Waals surface area contributed by atoms with Gasteiger partial charge in [0.15, 0.2) is 0 Å². The number of aryl methyl sites for hydroxylation is 1. The van der Waals surface area contributed by atoms with E-state index in [4.69, 9.17) is 0 Å². The predicted molar refractivity (Wildman–Crippen MR) is 134 cm³/mol. The summed E-state index contributed by atoms with van der Waals surface area (Å²) in [6, 6.07) is 23.3. The van der Waals surface area contributed by atoms with Gasteiger partial charge in [-0.2, -0.15) is 4.98 Å². The molecule has 0 fully saturated rings. The Kier molecular flexibility index (Phi) is 5.45. The highest BCUT2D eigenvalue weighted by molar-refractivity contribution is 6.02. The van der Waals surface area contributed by atoms with Crippen molar-refractivity contribution in [3.8, 4) is 0 Å². The maximum Gasteiger partial charge on any atom is 0.296 e. The molecule has 3 aromatic carbocycles. The fourth-order valence-electron chi connectivity index (χ4n) is 4.03. The first kappa shape index (κ1) is 21.6. The molecule has 2 aromatic heterocycles. The first-order valence-corrected chi connectivity index (χ1v) is 11.3. The van der Waals surface area contributed by atoms with Crippen LogP contribution >= 0.6 is 0 Å². The van der Waals surface area contributed by atoms with Crippen molar-refractivity contribution in [1.29, 1.82) is 0 Å². The van der Waals surface area contributed by atoms with Gasteiger partial charge in [-0.1, -0.05) is 62.4 Å². The first-order chi connectivity index (χ1) is 16.4. The maximum absolute atomic E-state index is 13.5.